The molecule has 7 nitrogen and oxygen atoms in total. The number of nitrogens with zero attached hydrogens (tertiary/aromatic N) is 3. The van der Waals surface area contributed by atoms with Gasteiger partial charge < -0.3 is 15.0 Å². The van der Waals surface area contributed by atoms with Crippen molar-refractivity contribution in [2.75, 3.05) is 7.11 Å². The number of ether oxygens (including phenoxy) is 1. The first-order valence-electron chi connectivity index (χ1n) is 9.82. The summed E-state index contributed by atoms with van der Waals surface area (Å²) in [5, 5.41) is 8.37. The molecule has 0 aliphatic heterocycles. The number of aromatic nitrogens is 2. The van der Waals surface area contributed by atoms with Crippen molar-refractivity contribution in [3.63, 3.8) is 0 Å². The number of rotatable bonds is 8. The standard InChI is InChI=1S/C22H21FN4O3S/c1-30-18-10-4-15(5-11-18)20(21(28)24-12-14-2-6-16(23)7-3-14)27(17-8-9-17)22(29)19-13-31-26-25-19/h2-7,10-11,13,17,20H,8-9,12H2,1H3,(H,24,28)/t20-/m0/s1. The van der Waals surface area contributed by atoms with Crippen molar-refractivity contribution in [3.05, 3.63) is 76.5 Å². The van der Waals surface area contributed by atoms with Gasteiger partial charge in [-0.3, -0.25) is 9.59 Å². The van der Waals surface area contributed by atoms with Crippen molar-refractivity contribution >= 4 is 23.3 Å². The molecule has 1 aliphatic carbocycles. The lowest BCUT2D eigenvalue weighted by Gasteiger charge is -2.31. The van der Waals surface area contributed by atoms with Crippen LogP contribution in [0.4, 0.5) is 4.39 Å². The molecule has 2 aromatic carbocycles. The Hall–Kier alpha value is -3.33. The van der Waals surface area contributed by atoms with Gasteiger partial charge in [0.15, 0.2) is 5.69 Å². The van der Waals surface area contributed by atoms with Gasteiger partial charge in [-0.2, -0.15) is 0 Å². The Morgan fingerprint density at radius 3 is 2.48 bits per heavy atom. The van der Waals surface area contributed by atoms with E-state index in [0.29, 0.717) is 11.3 Å². The molecule has 1 atom stereocenters. The van der Waals surface area contributed by atoms with Gasteiger partial charge in [0.25, 0.3) is 5.91 Å². The van der Waals surface area contributed by atoms with E-state index in [2.05, 4.69) is 14.9 Å². The second-order valence-electron chi connectivity index (χ2n) is 7.25. The Kier molecular flexibility index (Phi) is 6.22. The van der Waals surface area contributed by atoms with Crippen LogP contribution in [0.25, 0.3) is 0 Å². The van der Waals surface area contributed by atoms with Crippen LogP contribution in [-0.2, 0) is 11.3 Å². The summed E-state index contributed by atoms with van der Waals surface area (Å²) in [5.74, 6) is -0.331. The molecule has 3 aromatic rings. The van der Waals surface area contributed by atoms with Crippen LogP contribution in [0.15, 0.2) is 53.9 Å². The molecule has 1 heterocycles. The molecule has 1 fully saturated rings. The normalized spacial score (nSPS) is 14.0. The van der Waals surface area contributed by atoms with Gasteiger partial charge in [0.1, 0.15) is 17.6 Å². The number of methoxy groups -OCH3 is 1. The summed E-state index contributed by atoms with van der Waals surface area (Å²) >= 11 is 1.09. The molecule has 160 valence electrons. The molecule has 1 aliphatic rings. The highest BCUT2D eigenvalue weighted by molar-refractivity contribution is 7.03. The van der Waals surface area contributed by atoms with Gasteiger partial charge in [0.05, 0.1) is 7.11 Å². The minimum absolute atomic E-state index is 0.0436. The highest BCUT2D eigenvalue weighted by Gasteiger charge is 2.42. The molecular formula is C22H21FN4O3S. The fourth-order valence-corrected chi connectivity index (χ4v) is 3.78. The van der Waals surface area contributed by atoms with E-state index in [9.17, 15) is 14.0 Å². The van der Waals surface area contributed by atoms with Gasteiger partial charge in [-0.15, -0.1) is 5.10 Å². The monoisotopic (exact) mass is 440 g/mol. The molecule has 4 rings (SSSR count). The SMILES string of the molecule is COc1ccc([C@@H](C(=O)NCc2ccc(F)cc2)N(C(=O)c2csnn2)C2CC2)cc1. The van der Waals surface area contributed by atoms with Crippen molar-refractivity contribution in [3.8, 4) is 5.75 Å². The van der Waals surface area contributed by atoms with Crippen molar-refractivity contribution in [2.24, 2.45) is 0 Å². The number of carbonyl (C=O) groups excluding carboxylic acids is 2. The van der Waals surface area contributed by atoms with E-state index in [1.807, 2.05) is 0 Å². The van der Waals surface area contributed by atoms with E-state index < -0.39 is 6.04 Å². The molecule has 1 aromatic heterocycles. The quantitative estimate of drug-likeness (QED) is 0.581. The van der Waals surface area contributed by atoms with E-state index >= 15 is 0 Å². The predicted molar refractivity (Wildman–Crippen MR) is 113 cm³/mol. The van der Waals surface area contributed by atoms with Gasteiger partial charge in [-0.25, -0.2) is 4.39 Å². The molecule has 1 N–H and O–H groups in total. The summed E-state index contributed by atoms with van der Waals surface area (Å²) in [6.07, 6.45) is 1.64. The van der Waals surface area contributed by atoms with E-state index in [4.69, 9.17) is 4.74 Å². The zero-order chi connectivity index (χ0) is 21.8. The summed E-state index contributed by atoms with van der Waals surface area (Å²) in [6.45, 7) is 0.219. The number of benzene rings is 2. The molecular weight excluding hydrogens is 419 g/mol. The van der Waals surface area contributed by atoms with Gasteiger partial charge in [-0.1, -0.05) is 28.8 Å². The van der Waals surface area contributed by atoms with Crippen molar-refractivity contribution < 1.29 is 18.7 Å². The zero-order valence-corrected chi connectivity index (χ0v) is 17.6. The Labute approximate surface area is 183 Å². The predicted octanol–water partition coefficient (Wildman–Crippen LogP) is 3.35. The average molecular weight is 441 g/mol. The summed E-state index contributed by atoms with van der Waals surface area (Å²) in [5.41, 5.74) is 1.65. The number of carbonyl (C=O) groups is 2. The van der Waals surface area contributed by atoms with E-state index in [1.165, 1.54) is 12.1 Å². The van der Waals surface area contributed by atoms with Gasteiger partial charge in [0.2, 0.25) is 5.91 Å². The lowest BCUT2D eigenvalue weighted by atomic mass is 10.0. The minimum Gasteiger partial charge on any atom is -0.497 e. The summed E-state index contributed by atoms with van der Waals surface area (Å²) in [6, 6.07) is 12.1. The first-order valence-corrected chi connectivity index (χ1v) is 10.7. The minimum atomic E-state index is -0.840. The number of hydrogen-bond acceptors (Lipinski definition) is 6. The van der Waals surface area contributed by atoms with Crippen LogP contribution in [0.2, 0.25) is 0 Å². The second kappa shape index (κ2) is 9.22. The first-order chi connectivity index (χ1) is 15.1. The molecule has 2 amide bonds. The molecule has 0 spiro atoms. The van der Waals surface area contributed by atoms with E-state index in [-0.39, 0.29) is 35.9 Å². The lowest BCUT2D eigenvalue weighted by molar-refractivity contribution is -0.126. The van der Waals surface area contributed by atoms with Crippen LogP contribution in [0.5, 0.6) is 5.75 Å². The molecule has 9 heteroatoms. The van der Waals surface area contributed by atoms with Gasteiger partial charge in [0, 0.05) is 18.0 Å². The van der Waals surface area contributed by atoms with Gasteiger partial charge in [-0.05, 0) is 59.8 Å². The molecule has 1 saturated carbocycles. The topological polar surface area (TPSA) is 84.4 Å². The average Bonchev–Trinajstić information content (AvgIpc) is 3.48. The van der Waals surface area contributed by atoms with E-state index in [1.54, 1.807) is 53.8 Å². The maximum Gasteiger partial charge on any atom is 0.276 e. The molecule has 31 heavy (non-hydrogen) atoms. The molecule has 0 bridgehead atoms. The summed E-state index contributed by atoms with van der Waals surface area (Å²) < 4.78 is 22.2. The Balaban J connectivity index is 1.63. The van der Waals surface area contributed by atoms with Crippen LogP contribution in [0.1, 0.15) is 40.5 Å². The summed E-state index contributed by atoms with van der Waals surface area (Å²) in [4.78, 5) is 28.2. The number of nitrogens with one attached hydrogen (secondary N) is 1. The van der Waals surface area contributed by atoms with Gasteiger partial charge >= 0.3 is 0 Å². The Morgan fingerprint density at radius 2 is 1.90 bits per heavy atom. The molecule has 0 radical (unpaired) electrons. The zero-order valence-electron chi connectivity index (χ0n) is 16.8. The maximum atomic E-state index is 13.3. The van der Waals surface area contributed by atoms with Crippen LogP contribution in [-0.4, -0.2) is 39.5 Å². The van der Waals surface area contributed by atoms with E-state index in [0.717, 1.165) is 29.9 Å². The highest BCUT2D eigenvalue weighted by Crippen LogP contribution is 2.36. The first kappa shape index (κ1) is 20.9. The third-order valence-electron chi connectivity index (χ3n) is 5.09. The Morgan fingerprint density at radius 1 is 1.19 bits per heavy atom. The highest BCUT2D eigenvalue weighted by atomic mass is 32.1. The fourth-order valence-electron chi connectivity index (χ4n) is 3.35. The van der Waals surface area contributed by atoms with Crippen molar-refractivity contribution in [1.82, 2.24) is 19.8 Å². The second-order valence-corrected chi connectivity index (χ2v) is 7.86. The molecule has 0 unspecified atom stereocenters. The largest absolute Gasteiger partial charge is 0.497 e. The number of hydrogen-bond donors (Lipinski definition) is 1. The van der Waals surface area contributed by atoms with Crippen LogP contribution < -0.4 is 10.1 Å². The lowest BCUT2D eigenvalue weighted by Crippen LogP contribution is -2.45. The van der Waals surface area contributed by atoms with Crippen LogP contribution >= 0.6 is 11.5 Å². The fraction of sp³-hybridized carbons (Fsp3) is 0.273. The van der Waals surface area contributed by atoms with Crippen molar-refractivity contribution in [2.45, 2.75) is 31.5 Å². The third kappa shape index (κ3) is 4.88. The third-order valence-corrected chi connectivity index (χ3v) is 5.60. The van der Waals surface area contributed by atoms with Crippen LogP contribution in [0, 0.1) is 5.82 Å². The summed E-state index contributed by atoms with van der Waals surface area (Å²) in [7, 11) is 1.57. The number of amides is 2. The smallest absolute Gasteiger partial charge is 0.276 e. The maximum absolute atomic E-state index is 13.3. The Bertz CT molecular complexity index is 1040. The molecule has 0 saturated heterocycles. The van der Waals surface area contributed by atoms with Crippen molar-refractivity contribution in [1.29, 1.82) is 0 Å². The number of halogens is 1. The van der Waals surface area contributed by atoms with Crippen LogP contribution in [0.3, 0.4) is 0 Å².